The normalized spacial score (nSPS) is 15.7. The molecule has 0 spiro atoms. The van der Waals surface area contributed by atoms with Crippen LogP contribution in [0.1, 0.15) is 35.2 Å². The maximum atomic E-state index is 12.8. The summed E-state index contributed by atoms with van der Waals surface area (Å²) in [6.07, 6.45) is 8.85. The minimum absolute atomic E-state index is 0.110. The van der Waals surface area contributed by atoms with E-state index in [9.17, 15) is 9.90 Å². The predicted molar refractivity (Wildman–Crippen MR) is 130 cm³/mol. The number of fused-ring (bicyclic) bond motifs is 1. The van der Waals surface area contributed by atoms with Crippen LogP contribution >= 0.6 is 0 Å². The highest BCUT2D eigenvalue weighted by atomic mass is 16.5. The van der Waals surface area contributed by atoms with Crippen LogP contribution in [0.2, 0.25) is 0 Å². The molecule has 0 aliphatic carbocycles. The molecule has 0 unspecified atom stereocenters. The molecule has 1 aromatic heterocycles. The molecule has 0 bridgehead atoms. The first-order valence-corrected chi connectivity index (χ1v) is 11.6. The van der Waals surface area contributed by atoms with E-state index in [4.69, 9.17) is 9.47 Å². The average Bonchev–Trinajstić information content (AvgIpc) is 3.19. The van der Waals surface area contributed by atoms with E-state index in [1.54, 1.807) is 38.5 Å². The lowest BCUT2D eigenvalue weighted by atomic mass is 10.1. The van der Waals surface area contributed by atoms with Crippen molar-refractivity contribution in [1.82, 2.24) is 4.57 Å². The molecule has 2 N–H and O–H groups in total. The minimum atomic E-state index is -0.404. The second kappa shape index (κ2) is 10.7. The van der Waals surface area contributed by atoms with Gasteiger partial charge in [0.25, 0.3) is 0 Å². The quantitative estimate of drug-likeness (QED) is 0.389. The van der Waals surface area contributed by atoms with Gasteiger partial charge in [0.1, 0.15) is 12.6 Å². The van der Waals surface area contributed by atoms with Gasteiger partial charge in [-0.2, -0.15) is 0 Å². The van der Waals surface area contributed by atoms with Gasteiger partial charge in [0.05, 0.1) is 33.9 Å². The fourth-order valence-electron chi connectivity index (χ4n) is 4.69. The number of carbonyl (C=O) groups excluding carboxylic acids is 1. The molecule has 2 heterocycles. The maximum Gasteiger partial charge on any atom is 0.185 e. The molecule has 1 atom stereocenters. The van der Waals surface area contributed by atoms with Crippen LogP contribution in [0.4, 0.5) is 0 Å². The molecule has 2 aromatic carbocycles. The van der Waals surface area contributed by atoms with Crippen molar-refractivity contribution in [2.45, 2.75) is 31.9 Å². The minimum Gasteiger partial charge on any atom is -0.493 e. The number of benzene rings is 2. The van der Waals surface area contributed by atoms with Gasteiger partial charge in [0.2, 0.25) is 0 Å². The van der Waals surface area contributed by atoms with Crippen molar-refractivity contribution in [1.29, 1.82) is 0 Å². The number of allylic oxidation sites excluding steroid dienone is 1. The van der Waals surface area contributed by atoms with Gasteiger partial charge in [-0.1, -0.05) is 18.2 Å². The smallest absolute Gasteiger partial charge is 0.185 e. The van der Waals surface area contributed by atoms with Crippen LogP contribution < -0.4 is 14.4 Å². The molecule has 0 saturated carbocycles. The van der Waals surface area contributed by atoms with Crippen molar-refractivity contribution < 1.29 is 24.3 Å². The molecule has 33 heavy (non-hydrogen) atoms. The Bertz CT molecular complexity index is 1130. The standard InChI is InChI=1S/C27H32N2O4/c1-32-26-13-11-20(16-27(26)33-2)25(31)12-10-21-17-29(24-9-5-4-8-23(21)24)19-22(30)18-28-14-6-3-7-15-28/h4-5,8-13,16-17,22,30H,3,6-7,14-15,18-19H2,1-2H3/p+1/b12-10+/t22-/m1/s1. The summed E-state index contributed by atoms with van der Waals surface area (Å²) in [5.74, 6) is 1.01. The van der Waals surface area contributed by atoms with E-state index >= 15 is 0 Å². The second-order valence-electron chi connectivity index (χ2n) is 8.69. The average molecular weight is 450 g/mol. The summed E-state index contributed by atoms with van der Waals surface area (Å²) in [7, 11) is 3.12. The molecule has 6 nitrogen and oxygen atoms in total. The number of nitrogens with one attached hydrogen (secondary N) is 1. The monoisotopic (exact) mass is 449 g/mol. The number of ether oxygens (including phenoxy) is 2. The molecule has 6 heteroatoms. The Morgan fingerprint density at radius 1 is 1.09 bits per heavy atom. The number of nitrogens with zero attached hydrogens (tertiary/aromatic N) is 1. The predicted octanol–water partition coefficient (Wildman–Crippen LogP) is 2.98. The van der Waals surface area contributed by atoms with Crippen LogP contribution in [0.15, 0.2) is 54.7 Å². The Hall–Kier alpha value is -3.09. The van der Waals surface area contributed by atoms with Gasteiger partial charge in [-0.05, 0) is 55.7 Å². The summed E-state index contributed by atoms with van der Waals surface area (Å²) in [5.41, 5.74) is 2.55. The van der Waals surface area contributed by atoms with Crippen LogP contribution in [0.3, 0.4) is 0 Å². The fourth-order valence-corrected chi connectivity index (χ4v) is 4.69. The lowest BCUT2D eigenvalue weighted by Gasteiger charge is -2.25. The molecule has 1 aliphatic rings. The van der Waals surface area contributed by atoms with Crippen molar-refractivity contribution >= 4 is 22.8 Å². The van der Waals surface area contributed by atoms with E-state index in [-0.39, 0.29) is 5.78 Å². The summed E-state index contributed by atoms with van der Waals surface area (Å²) < 4.78 is 12.7. The van der Waals surface area contributed by atoms with Crippen molar-refractivity contribution in [3.05, 3.63) is 65.9 Å². The topological polar surface area (TPSA) is 65.1 Å². The highest BCUT2D eigenvalue weighted by Gasteiger charge is 2.19. The van der Waals surface area contributed by atoms with Crippen LogP contribution in [0.25, 0.3) is 17.0 Å². The number of piperidine rings is 1. The zero-order valence-corrected chi connectivity index (χ0v) is 19.4. The zero-order valence-electron chi connectivity index (χ0n) is 19.4. The number of quaternary nitrogens is 1. The number of rotatable bonds is 9. The van der Waals surface area contributed by atoms with Crippen LogP contribution in [0, 0.1) is 0 Å². The molecular weight excluding hydrogens is 416 g/mol. The number of aromatic nitrogens is 1. The number of ketones is 1. The van der Waals surface area contributed by atoms with Gasteiger partial charge >= 0.3 is 0 Å². The Morgan fingerprint density at radius 2 is 1.85 bits per heavy atom. The summed E-state index contributed by atoms with van der Waals surface area (Å²) >= 11 is 0. The lowest BCUT2D eigenvalue weighted by molar-refractivity contribution is -0.908. The van der Waals surface area contributed by atoms with Crippen molar-refractivity contribution in [3.8, 4) is 11.5 Å². The molecule has 4 rings (SSSR count). The summed E-state index contributed by atoms with van der Waals surface area (Å²) in [6, 6.07) is 13.3. The van der Waals surface area contributed by atoms with Crippen LogP contribution in [-0.4, -0.2) is 55.4 Å². The Kier molecular flexibility index (Phi) is 7.47. The van der Waals surface area contributed by atoms with Gasteiger partial charge in [-0.3, -0.25) is 4.79 Å². The first-order valence-electron chi connectivity index (χ1n) is 11.6. The van der Waals surface area contributed by atoms with E-state index < -0.39 is 6.10 Å². The number of hydrogen-bond donors (Lipinski definition) is 2. The van der Waals surface area contributed by atoms with E-state index in [2.05, 4.69) is 16.7 Å². The zero-order chi connectivity index (χ0) is 23.2. The molecule has 1 fully saturated rings. The fraction of sp³-hybridized carbons (Fsp3) is 0.370. The molecule has 1 aliphatic heterocycles. The van der Waals surface area contributed by atoms with E-state index in [1.807, 2.05) is 24.4 Å². The number of para-hydroxylation sites is 1. The van der Waals surface area contributed by atoms with Crippen LogP contribution in [-0.2, 0) is 6.54 Å². The number of hydrogen-bond acceptors (Lipinski definition) is 4. The molecule has 1 saturated heterocycles. The van der Waals surface area contributed by atoms with Gasteiger partial charge in [-0.25, -0.2) is 0 Å². The third kappa shape index (κ3) is 5.46. The summed E-state index contributed by atoms with van der Waals surface area (Å²) in [5, 5.41) is 11.8. The third-order valence-corrected chi connectivity index (χ3v) is 6.39. The maximum absolute atomic E-state index is 12.8. The first kappa shape index (κ1) is 23.1. The van der Waals surface area contributed by atoms with E-state index in [0.717, 1.165) is 36.1 Å². The lowest BCUT2D eigenvalue weighted by Crippen LogP contribution is -3.13. The Balaban J connectivity index is 1.52. The van der Waals surface area contributed by atoms with Crippen LogP contribution in [0.5, 0.6) is 11.5 Å². The highest BCUT2D eigenvalue weighted by molar-refractivity contribution is 6.08. The summed E-state index contributed by atoms with van der Waals surface area (Å²) in [4.78, 5) is 14.3. The number of carbonyl (C=O) groups is 1. The number of methoxy groups -OCH3 is 2. The van der Waals surface area contributed by atoms with Crippen molar-refractivity contribution in [3.63, 3.8) is 0 Å². The van der Waals surface area contributed by atoms with Gasteiger partial charge in [-0.15, -0.1) is 0 Å². The van der Waals surface area contributed by atoms with Crippen molar-refractivity contribution in [2.75, 3.05) is 33.9 Å². The third-order valence-electron chi connectivity index (χ3n) is 6.39. The van der Waals surface area contributed by atoms with Gasteiger partial charge in [0, 0.05) is 28.2 Å². The van der Waals surface area contributed by atoms with E-state index in [0.29, 0.717) is 23.6 Å². The second-order valence-corrected chi connectivity index (χ2v) is 8.69. The molecule has 174 valence electrons. The van der Waals surface area contributed by atoms with Crippen molar-refractivity contribution in [2.24, 2.45) is 0 Å². The number of aliphatic hydroxyl groups is 1. The largest absolute Gasteiger partial charge is 0.493 e. The van der Waals surface area contributed by atoms with Gasteiger partial charge < -0.3 is 24.0 Å². The SMILES string of the molecule is COc1ccc(C(=O)/C=C/c2cn(C[C@H](O)C[NH+]3CCCCC3)c3ccccc23)cc1OC. The van der Waals surface area contributed by atoms with E-state index in [1.165, 1.54) is 24.2 Å². The Morgan fingerprint density at radius 3 is 2.61 bits per heavy atom. The first-order chi connectivity index (χ1) is 16.1. The highest BCUT2D eigenvalue weighted by Crippen LogP contribution is 2.28. The molecular formula is C27H33N2O4+. The summed E-state index contributed by atoms with van der Waals surface area (Å²) in [6.45, 7) is 3.61. The number of aliphatic hydroxyl groups excluding tert-OH is 1. The molecule has 3 aromatic rings. The van der Waals surface area contributed by atoms with Gasteiger partial charge in [0.15, 0.2) is 17.3 Å². The Labute approximate surface area is 195 Å². The number of likely N-dealkylation sites (tertiary alicyclic amines) is 1. The molecule has 0 radical (unpaired) electrons. The molecule has 0 amide bonds.